The largest absolute Gasteiger partial charge is 0.493 e. The number of carbonyl (C=O) groups is 1. The third kappa shape index (κ3) is 3.59. The molecule has 0 saturated carbocycles. The van der Waals surface area contributed by atoms with Crippen LogP contribution < -0.4 is 9.47 Å². The number of ether oxygens (including phenoxy) is 2. The van der Waals surface area contributed by atoms with E-state index in [1.165, 1.54) is 7.11 Å². The summed E-state index contributed by atoms with van der Waals surface area (Å²) in [7, 11) is 3.09. The Morgan fingerprint density at radius 2 is 1.89 bits per heavy atom. The zero-order valence-corrected chi connectivity index (χ0v) is 11.6. The third-order valence-corrected chi connectivity index (χ3v) is 2.63. The minimum atomic E-state index is -0.203. The first-order valence-electron chi connectivity index (χ1n) is 5.91. The van der Waals surface area contributed by atoms with E-state index in [0.29, 0.717) is 11.5 Å². The fourth-order valence-corrected chi connectivity index (χ4v) is 1.58. The van der Waals surface area contributed by atoms with Gasteiger partial charge in [0.15, 0.2) is 17.3 Å². The van der Waals surface area contributed by atoms with Gasteiger partial charge in [-0.3, -0.25) is 4.79 Å². The van der Waals surface area contributed by atoms with Crippen molar-refractivity contribution in [1.29, 1.82) is 5.26 Å². The van der Waals surface area contributed by atoms with Gasteiger partial charge in [0.2, 0.25) is 0 Å². The second-order valence-corrected chi connectivity index (χ2v) is 4.30. The van der Waals surface area contributed by atoms with Crippen LogP contribution in [0, 0.1) is 17.2 Å². The van der Waals surface area contributed by atoms with E-state index in [9.17, 15) is 4.79 Å². The van der Waals surface area contributed by atoms with Crippen molar-refractivity contribution >= 4 is 11.9 Å². The summed E-state index contributed by atoms with van der Waals surface area (Å²) in [5.74, 6) is 0.794. The van der Waals surface area contributed by atoms with Gasteiger partial charge in [0, 0.05) is 5.92 Å². The normalized spacial score (nSPS) is 11.1. The first-order valence-corrected chi connectivity index (χ1v) is 5.91. The Balaban J connectivity index is 3.17. The molecule has 0 spiro atoms. The highest BCUT2D eigenvalue weighted by Gasteiger charge is 2.13. The monoisotopic (exact) mass is 259 g/mol. The van der Waals surface area contributed by atoms with Crippen LogP contribution in [0.2, 0.25) is 0 Å². The van der Waals surface area contributed by atoms with Crippen LogP contribution in [0.4, 0.5) is 0 Å². The summed E-state index contributed by atoms with van der Waals surface area (Å²) in [6.45, 7) is 3.53. The molecule has 0 aliphatic rings. The molecule has 1 aromatic rings. The van der Waals surface area contributed by atoms with Crippen molar-refractivity contribution in [1.82, 2.24) is 0 Å². The van der Waals surface area contributed by atoms with Crippen molar-refractivity contribution in [2.75, 3.05) is 14.2 Å². The first kappa shape index (κ1) is 14.8. The lowest BCUT2D eigenvalue weighted by Crippen LogP contribution is -2.08. The first-order chi connectivity index (χ1) is 9.03. The molecule has 4 nitrogen and oxygen atoms in total. The molecule has 1 aromatic carbocycles. The summed E-state index contributed by atoms with van der Waals surface area (Å²) < 4.78 is 10.3. The van der Waals surface area contributed by atoms with E-state index < -0.39 is 0 Å². The minimum Gasteiger partial charge on any atom is -0.493 e. The molecule has 0 saturated heterocycles. The summed E-state index contributed by atoms with van der Waals surface area (Å²) in [5.41, 5.74) is 0.866. The Morgan fingerprint density at radius 1 is 1.26 bits per heavy atom. The highest BCUT2D eigenvalue weighted by molar-refractivity contribution is 6.04. The molecule has 0 amide bonds. The number of ketones is 1. The molecular formula is C15H17NO3. The van der Waals surface area contributed by atoms with Crippen LogP contribution in [0.5, 0.6) is 11.5 Å². The topological polar surface area (TPSA) is 59.3 Å². The lowest BCUT2D eigenvalue weighted by Gasteiger charge is -2.08. The highest BCUT2D eigenvalue weighted by atomic mass is 16.5. The number of nitrogens with zero attached hydrogens (tertiary/aromatic N) is 1. The maximum Gasteiger partial charge on any atom is 0.175 e. The number of benzene rings is 1. The average molecular weight is 259 g/mol. The maximum absolute atomic E-state index is 11.8. The molecule has 19 heavy (non-hydrogen) atoms. The summed E-state index contributed by atoms with van der Waals surface area (Å²) in [6, 6.07) is 7.17. The molecule has 100 valence electrons. The minimum absolute atomic E-state index is 0.141. The van der Waals surface area contributed by atoms with Crippen LogP contribution in [0.3, 0.4) is 0 Å². The molecular weight excluding hydrogens is 242 g/mol. The number of carbonyl (C=O) groups excluding carboxylic acids is 1. The smallest absolute Gasteiger partial charge is 0.175 e. The van der Waals surface area contributed by atoms with E-state index in [-0.39, 0.29) is 17.3 Å². The van der Waals surface area contributed by atoms with Crippen molar-refractivity contribution in [2.45, 2.75) is 13.8 Å². The van der Waals surface area contributed by atoms with Gasteiger partial charge >= 0.3 is 0 Å². The Labute approximate surface area is 113 Å². The summed E-state index contributed by atoms with van der Waals surface area (Å²) in [5, 5.41) is 9.04. The molecule has 0 fully saturated rings. The van der Waals surface area contributed by atoms with E-state index in [4.69, 9.17) is 14.7 Å². The molecule has 0 radical (unpaired) electrons. The number of methoxy groups -OCH3 is 2. The van der Waals surface area contributed by atoms with Gasteiger partial charge in [-0.05, 0) is 23.8 Å². The molecule has 4 heteroatoms. The van der Waals surface area contributed by atoms with Gasteiger partial charge in [-0.2, -0.15) is 5.26 Å². The number of Topliss-reactive ketones (excluding diaryl/α,β-unsaturated/α-hetero) is 1. The molecule has 0 unspecified atom stereocenters. The molecule has 0 atom stereocenters. The van der Waals surface area contributed by atoms with Crippen LogP contribution in [-0.2, 0) is 4.79 Å². The Kier molecular flexibility index (Phi) is 5.13. The van der Waals surface area contributed by atoms with Gasteiger partial charge in [0.05, 0.1) is 19.8 Å². The zero-order valence-electron chi connectivity index (χ0n) is 11.6. The molecule has 0 aliphatic heterocycles. The predicted octanol–water partition coefficient (Wildman–Crippen LogP) is 2.84. The van der Waals surface area contributed by atoms with Gasteiger partial charge in [0.25, 0.3) is 0 Å². The molecule has 0 N–H and O–H groups in total. The fourth-order valence-electron chi connectivity index (χ4n) is 1.58. The van der Waals surface area contributed by atoms with Crippen molar-refractivity contribution in [3.8, 4) is 17.6 Å². The van der Waals surface area contributed by atoms with Gasteiger partial charge in [0.1, 0.15) is 6.07 Å². The average Bonchev–Trinajstić information content (AvgIpc) is 2.43. The van der Waals surface area contributed by atoms with E-state index in [2.05, 4.69) is 0 Å². The molecule has 1 rings (SSSR count). The predicted molar refractivity (Wildman–Crippen MR) is 73.0 cm³/mol. The van der Waals surface area contributed by atoms with Gasteiger partial charge in [-0.1, -0.05) is 19.9 Å². The number of rotatable bonds is 5. The summed E-state index contributed by atoms with van der Waals surface area (Å²) in [6.07, 6.45) is 1.56. The lowest BCUT2D eigenvalue weighted by atomic mass is 10.00. The Hall–Kier alpha value is -2.28. The summed E-state index contributed by atoms with van der Waals surface area (Å²) >= 11 is 0. The van der Waals surface area contributed by atoms with E-state index in [0.717, 1.165) is 5.56 Å². The Bertz CT molecular complexity index is 539. The number of allylic oxidation sites excluding steroid dienone is 1. The van der Waals surface area contributed by atoms with Crippen LogP contribution in [-0.4, -0.2) is 20.0 Å². The number of nitriles is 1. The van der Waals surface area contributed by atoms with Crippen LogP contribution in [0.25, 0.3) is 6.08 Å². The van der Waals surface area contributed by atoms with E-state index in [1.807, 2.05) is 6.07 Å². The van der Waals surface area contributed by atoms with Crippen molar-refractivity contribution in [3.05, 3.63) is 29.3 Å². The number of hydrogen-bond donors (Lipinski definition) is 0. The van der Waals surface area contributed by atoms with Crippen molar-refractivity contribution in [3.63, 3.8) is 0 Å². The maximum atomic E-state index is 11.8. The van der Waals surface area contributed by atoms with Crippen LogP contribution in [0.15, 0.2) is 23.8 Å². The van der Waals surface area contributed by atoms with E-state index >= 15 is 0 Å². The van der Waals surface area contributed by atoms with Gasteiger partial charge in [-0.25, -0.2) is 0 Å². The van der Waals surface area contributed by atoms with Crippen molar-refractivity contribution < 1.29 is 14.3 Å². The molecule has 0 aliphatic carbocycles. The van der Waals surface area contributed by atoms with Crippen LogP contribution in [0.1, 0.15) is 19.4 Å². The van der Waals surface area contributed by atoms with E-state index in [1.54, 1.807) is 45.2 Å². The van der Waals surface area contributed by atoms with Crippen molar-refractivity contribution in [2.24, 2.45) is 5.92 Å². The molecule has 0 heterocycles. The zero-order chi connectivity index (χ0) is 14.4. The second-order valence-electron chi connectivity index (χ2n) is 4.30. The quantitative estimate of drug-likeness (QED) is 0.602. The number of hydrogen-bond acceptors (Lipinski definition) is 4. The third-order valence-electron chi connectivity index (χ3n) is 2.63. The lowest BCUT2D eigenvalue weighted by molar-refractivity contribution is -0.117. The highest BCUT2D eigenvalue weighted by Crippen LogP contribution is 2.28. The molecule has 0 bridgehead atoms. The Morgan fingerprint density at radius 3 is 2.37 bits per heavy atom. The summed E-state index contributed by atoms with van der Waals surface area (Å²) in [4.78, 5) is 11.8. The van der Waals surface area contributed by atoms with Gasteiger partial charge < -0.3 is 9.47 Å². The SMILES string of the molecule is COc1ccc(/C=C(\C#N)C(=O)C(C)C)cc1OC. The fraction of sp³-hybridized carbons (Fsp3) is 0.333. The van der Waals surface area contributed by atoms with Gasteiger partial charge in [-0.15, -0.1) is 0 Å². The standard InChI is InChI=1S/C15H17NO3/c1-10(2)15(17)12(9-16)7-11-5-6-13(18-3)14(8-11)19-4/h5-8,10H,1-4H3/b12-7+. The molecule has 0 aromatic heterocycles. The second kappa shape index (κ2) is 6.60. The van der Waals surface area contributed by atoms with Crippen LogP contribution >= 0.6 is 0 Å².